The van der Waals surface area contributed by atoms with E-state index in [2.05, 4.69) is 37.3 Å². The molecule has 1 atom stereocenters. The number of rotatable bonds is 3. The van der Waals surface area contributed by atoms with Gasteiger partial charge in [-0.25, -0.2) is 4.39 Å². The van der Waals surface area contributed by atoms with Crippen molar-refractivity contribution in [3.63, 3.8) is 0 Å². The molecule has 0 radical (unpaired) electrons. The van der Waals surface area contributed by atoms with Gasteiger partial charge in [-0.15, -0.1) is 11.8 Å². The smallest absolute Gasteiger partial charge is 0.123 e. The van der Waals surface area contributed by atoms with Crippen molar-refractivity contribution in [2.45, 2.75) is 25.0 Å². The molecule has 0 saturated carbocycles. The normalized spacial score (nSPS) is 18.1. The molecule has 0 N–H and O–H groups in total. The van der Waals surface area contributed by atoms with Crippen LogP contribution in [0.25, 0.3) is 0 Å². The van der Waals surface area contributed by atoms with Gasteiger partial charge >= 0.3 is 0 Å². The molecule has 2 heteroatoms. The molecule has 0 nitrogen and oxygen atoms in total. The Morgan fingerprint density at radius 1 is 1.10 bits per heavy atom. The number of thioether (sulfide) groups is 1. The van der Waals surface area contributed by atoms with Gasteiger partial charge in [0.1, 0.15) is 5.82 Å². The van der Waals surface area contributed by atoms with Crippen molar-refractivity contribution in [2.24, 2.45) is 0 Å². The third-order valence-corrected chi connectivity index (χ3v) is 5.08. The lowest BCUT2D eigenvalue weighted by Crippen LogP contribution is -1.91. The summed E-state index contributed by atoms with van der Waals surface area (Å²) in [7, 11) is 0. The second-order valence-corrected chi connectivity index (χ2v) is 6.50. The summed E-state index contributed by atoms with van der Waals surface area (Å²) in [6.45, 7) is 2.16. The first-order chi connectivity index (χ1) is 9.72. The molecule has 0 spiro atoms. The fraction of sp³-hybridized carbons (Fsp3) is 0.222. The second kappa shape index (κ2) is 5.84. The summed E-state index contributed by atoms with van der Waals surface area (Å²) in [5.74, 6) is -0.162. The van der Waals surface area contributed by atoms with E-state index in [4.69, 9.17) is 0 Å². The Morgan fingerprint density at radius 2 is 1.85 bits per heavy atom. The Bertz CT molecular complexity index is 628. The fourth-order valence-electron chi connectivity index (χ4n) is 2.51. The van der Waals surface area contributed by atoms with Crippen molar-refractivity contribution >= 4 is 11.8 Å². The van der Waals surface area contributed by atoms with Gasteiger partial charge in [-0.3, -0.25) is 0 Å². The van der Waals surface area contributed by atoms with E-state index < -0.39 is 0 Å². The summed E-state index contributed by atoms with van der Waals surface area (Å²) < 4.78 is 13.0. The number of benzene rings is 2. The summed E-state index contributed by atoms with van der Waals surface area (Å²) >= 11 is 1.91. The summed E-state index contributed by atoms with van der Waals surface area (Å²) in [6, 6.07) is 15.4. The van der Waals surface area contributed by atoms with Crippen LogP contribution < -0.4 is 0 Å². The third-order valence-electron chi connectivity index (χ3n) is 3.72. The van der Waals surface area contributed by atoms with E-state index in [-0.39, 0.29) is 5.82 Å². The van der Waals surface area contributed by atoms with E-state index in [1.165, 1.54) is 21.6 Å². The monoisotopic (exact) mass is 284 g/mol. The molecular weight excluding hydrogens is 267 g/mol. The van der Waals surface area contributed by atoms with Crippen LogP contribution in [0.2, 0.25) is 0 Å². The maximum atomic E-state index is 13.0. The Morgan fingerprint density at radius 3 is 2.60 bits per heavy atom. The maximum Gasteiger partial charge on any atom is 0.123 e. The molecule has 0 aliphatic carbocycles. The van der Waals surface area contributed by atoms with Crippen molar-refractivity contribution in [3.8, 4) is 0 Å². The highest BCUT2D eigenvalue weighted by molar-refractivity contribution is 8.03. The van der Waals surface area contributed by atoms with E-state index in [9.17, 15) is 4.39 Å². The molecule has 0 aromatic heterocycles. The zero-order valence-electron chi connectivity index (χ0n) is 11.5. The van der Waals surface area contributed by atoms with Crippen molar-refractivity contribution in [1.82, 2.24) is 0 Å². The van der Waals surface area contributed by atoms with E-state index >= 15 is 0 Å². The van der Waals surface area contributed by atoms with Crippen molar-refractivity contribution < 1.29 is 4.39 Å². The first-order valence-electron chi connectivity index (χ1n) is 6.88. The van der Waals surface area contributed by atoms with Crippen LogP contribution in [0.4, 0.5) is 4.39 Å². The molecule has 2 aromatic carbocycles. The van der Waals surface area contributed by atoms with E-state index in [0.29, 0.717) is 5.25 Å². The predicted octanol–water partition coefficient (Wildman–Crippen LogP) is 5.44. The van der Waals surface area contributed by atoms with Crippen LogP contribution in [0.15, 0.2) is 59.5 Å². The summed E-state index contributed by atoms with van der Waals surface area (Å²) in [6.07, 6.45) is 4.37. The lowest BCUT2D eigenvalue weighted by atomic mass is 10.0. The van der Waals surface area contributed by atoms with Crippen molar-refractivity contribution in [1.29, 1.82) is 0 Å². The van der Waals surface area contributed by atoms with Crippen LogP contribution in [0.3, 0.4) is 0 Å². The standard InChI is InChI=1S/C18H17FS/c1-13-4-2-3-5-15(13)12-17-10-11-18(20-17)14-6-8-16(19)9-7-14/h2-10,18H,11-12H2,1H3. The summed E-state index contributed by atoms with van der Waals surface area (Å²) in [5, 5.41) is 0.439. The zero-order chi connectivity index (χ0) is 13.9. The van der Waals surface area contributed by atoms with Gasteiger partial charge < -0.3 is 0 Å². The molecule has 0 saturated heterocycles. The molecule has 1 aliphatic rings. The topological polar surface area (TPSA) is 0 Å². The predicted molar refractivity (Wildman–Crippen MR) is 84.3 cm³/mol. The molecule has 1 unspecified atom stereocenters. The first kappa shape index (κ1) is 13.4. The molecule has 2 aromatic rings. The van der Waals surface area contributed by atoms with Crippen molar-refractivity contribution in [2.75, 3.05) is 0 Å². The minimum absolute atomic E-state index is 0.162. The van der Waals surface area contributed by atoms with Crippen LogP contribution in [-0.2, 0) is 6.42 Å². The average molecular weight is 284 g/mol. The highest BCUT2D eigenvalue weighted by Crippen LogP contribution is 2.44. The maximum absolute atomic E-state index is 13.0. The van der Waals surface area contributed by atoms with Crippen LogP contribution >= 0.6 is 11.8 Å². The van der Waals surface area contributed by atoms with Gasteiger partial charge in [0, 0.05) is 11.7 Å². The van der Waals surface area contributed by atoms with Gasteiger partial charge in [0.25, 0.3) is 0 Å². The van der Waals surface area contributed by atoms with Crippen LogP contribution in [0.1, 0.15) is 28.4 Å². The summed E-state index contributed by atoms with van der Waals surface area (Å²) in [4.78, 5) is 1.42. The summed E-state index contributed by atoms with van der Waals surface area (Å²) in [5.41, 5.74) is 3.96. The van der Waals surface area contributed by atoms with Crippen LogP contribution in [-0.4, -0.2) is 0 Å². The largest absolute Gasteiger partial charge is 0.207 e. The zero-order valence-corrected chi connectivity index (χ0v) is 12.3. The average Bonchev–Trinajstić information content (AvgIpc) is 2.91. The van der Waals surface area contributed by atoms with Crippen LogP contribution in [0.5, 0.6) is 0 Å². The van der Waals surface area contributed by atoms with Gasteiger partial charge in [-0.2, -0.15) is 0 Å². The Balaban J connectivity index is 1.67. The van der Waals surface area contributed by atoms with Gasteiger partial charge in [-0.05, 0) is 47.1 Å². The molecule has 0 amide bonds. The first-order valence-corrected chi connectivity index (χ1v) is 7.76. The molecule has 0 fully saturated rings. The Hall–Kier alpha value is -1.54. The number of hydrogen-bond donors (Lipinski definition) is 0. The van der Waals surface area contributed by atoms with Gasteiger partial charge in [0.15, 0.2) is 0 Å². The minimum Gasteiger partial charge on any atom is -0.207 e. The molecule has 102 valence electrons. The molecular formula is C18H17FS. The number of hydrogen-bond acceptors (Lipinski definition) is 1. The second-order valence-electron chi connectivity index (χ2n) is 5.17. The van der Waals surface area contributed by atoms with E-state index in [1.807, 2.05) is 23.9 Å². The van der Waals surface area contributed by atoms with Crippen molar-refractivity contribution in [3.05, 3.63) is 82.0 Å². The number of allylic oxidation sites excluding steroid dienone is 2. The Kier molecular flexibility index (Phi) is 3.93. The quantitative estimate of drug-likeness (QED) is 0.723. The SMILES string of the molecule is Cc1ccccc1CC1=CCC(c2ccc(F)cc2)S1. The minimum atomic E-state index is -0.162. The highest BCUT2D eigenvalue weighted by atomic mass is 32.2. The number of aryl methyl sites for hydroxylation is 1. The van der Waals surface area contributed by atoms with E-state index in [1.54, 1.807) is 12.1 Å². The van der Waals surface area contributed by atoms with E-state index in [0.717, 1.165) is 12.8 Å². The number of halogens is 1. The fourth-order valence-corrected chi connectivity index (χ4v) is 3.79. The van der Waals surface area contributed by atoms with Gasteiger partial charge in [0.05, 0.1) is 0 Å². The van der Waals surface area contributed by atoms with Gasteiger partial charge in [0.2, 0.25) is 0 Å². The molecule has 3 rings (SSSR count). The molecule has 1 heterocycles. The molecule has 1 aliphatic heterocycles. The lowest BCUT2D eigenvalue weighted by molar-refractivity contribution is 0.627. The highest BCUT2D eigenvalue weighted by Gasteiger charge is 2.20. The molecule has 0 bridgehead atoms. The lowest BCUT2D eigenvalue weighted by Gasteiger charge is -2.11. The van der Waals surface area contributed by atoms with Crippen LogP contribution in [0, 0.1) is 12.7 Å². The third kappa shape index (κ3) is 2.96. The van der Waals surface area contributed by atoms with Gasteiger partial charge in [-0.1, -0.05) is 42.5 Å². The Labute approximate surface area is 123 Å². The molecule has 20 heavy (non-hydrogen) atoms.